The summed E-state index contributed by atoms with van der Waals surface area (Å²) in [5.41, 5.74) is 2.19. The molecule has 0 bridgehead atoms. The van der Waals surface area contributed by atoms with Crippen molar-refractivity contribution in [1.82, 2.24) is 15.2 Å². The maximum Gasteiger partial charge on any atom is 0.416 e. The molecule has 0 aliphatic carbocycles. The third-order valence-corrected chi connectivity index (χ3v) is 6.27. The second-order valence-corrected chi connectivity index (χ2v) is 9.22. The number of carbonyl (C=O) groups excluding carboxylic acids is 1. The van der Waals surface area contributed by atoms with Crippen molar-refractivity contribution in [3.05, 3.63) is 75.2 Å². The highest BCUT2D eigenvalue weighted by molar-refractivity contribution is 7.15. The predicted molar refractivity (Wildman–Crippen MR) is 122 cm³/mol. The number of aromatic nitrogens is 1. The van der Waals surface area contributed by atoms with E-state index >= 15 is 0 Å². The van der Waals surface area contributed by atoms with Crippen molar-refractivity contribution < 1.29 is 22.4 Å². The van der Waals surface area contributed by atoms with Crippen molar-refractivity contribution in [1.29, 1.82) is 0 Å². The first kappa shape index (κ1) is 24.9. The maximum absolute atomic E-state index is 13.7. The SMILES string of the molecule is Cc1cc(-c2sc(Cc3cc(F)cc(C(F)(F)F)c3)nc2C)ccc1C(=O)NCCN(C)C. The number of aryl methyl sites for hydroxylation is 2. The van der Waals surface area contributed by atoms with Gasteiger partial charge in [0.1, 0.15) is 5.82 Å². The summed E-state index contributed by atoms with van der Waals surface area (Å²) in [5, 5.41) is 3.48. The lowest BCUT2D eigenvalue weighted by atomic mass is 10.0. The normalized spacial score (nSPS) is 11.8. The van der Waals surface area contributed by atoms with Crippen LogP contribution in [0.1, 0.15) is 37.7 Å². The Kier molecular flexibility index (Phi) is 7.54. The van der Waals surface area contributed by atoms with Crippen LogP contribution in [0.3, 0.4) is 0 Å². The topological polar surface area (TPSA) is 45.2 Å². The Labute approximate surface area is 194 Å². The van der Waals surface area contributed by atoms with Crippen molar-refractivity contribution >= 4 is 17.2 Å². The number of benzene rings is 2. The molecule has 1 aromatic heterocycles. The van der Waals surface area contributed by atoms with E-state index in [0.717, 1.165) is 40.4 Å². The van der Waals surface area contributed by atoms with Gasteiger partial charge in [0.2, 0.25) is 0 Å². The molecule has 176 valence electrons. The number of likely N-dealkylation sites (N-methyl/N-ethyl adjacent to an activating group) is 1. The molecule has 3 aromatic rings. The zero-order valence-electron chi connectivity index (χ0n) is 18.8. The number of nitrogens with zero attached hydrogens (tertiary/aromatic N) is 2. The van der Waals surface area contributed by atoms with Crippen LogP contribution in [0.15, 0.2) is 36.4 Å². The molecule has 0 atom stereocenters. The van der Waals surface area contributed by atoms with E-state index in [9.17, 15) is 22.4 Å². The summed E-state index contributed by atoms with van der Waals surface area (Å²) < 4.78 is 52.7. The van der Waals surface area contributed by atoms with Crippen molar-refractivity contribution in [2.75, 3.05) is 27.2 Å². The van der Waals surface area contributed by atoms with Gasteiger partial charge in [0.05, 0.1) is 21.1 Å². The van der Waals surface area contributed by atoms with Crippen molar-refractivity contribution in [3.63, 3.8) is 0 Å². The van der Waals surface area contributed by atoms with Crippen molar-refractivity contribution in [3.8, 4) is 10.4 Å². The van der Waals surface area contributed by atoms with Crippen LogP contribution in [0.2, 0.25) is 0 Å². The highest BCUT2D eigenvalue weighted by Crippen LogP contribution is 2.34. The van der Waals surface area contributed by atoms with Gasteiger partial charge >= 0.3 is 6.18 Å². The molecule has 33 heavy (non-hydrogen) atoms. The van der Waals surface area contributed by atoms with Crippen LogP contribution in [0, 0.1) is 19.7 Å². The van der Waals surface area contributed by atoms with E-state index in [4.69, 9.17) is 0 Å². The quantitative estimate of drug-likeness (QED) is 0.458. The highest BCUT2D eigenvalue weighted by Gasteiger charge is 2.31. The Balaban J connectivity index is 1.80. The van der Waals surface area contributed by atoms with Crippen LogP contribution in [-0.4, -0.2) is 43.0 Å². The number of hydrogen-bond acceptors (Lipinski definition) is 4. The van der Waals surface area contributed by atoms with E-state index in [1.165, 1.54) is 11.3 Å². The summed E-state index contributed by atoms with van der Waals surface area (Å²) >= 11 is 1.35. The zero-order chi connectivity index (χ0) is 24.3. The van der Waals surface area contributed by atoms with Crippen LogP contribution in [0.5, 0.6) is 0 Å². The van der Waals surface area contributed by atoms with Crippen molar-refractivity contribution in [2.45, 2.75) is 26.4 Å². The van der Waals surface area contributed by atoms with Gasteiger partial charge in [-0.1, -0.05) is 6.07 Å². The molecule has 3 rings (SSSR count). The first-order valence-corrected chi connectivity index (χ1v) is 11.1. The molecule has 0 saturated carbocycles. The summed E-state index contributed by atoms with van der Waals surface area (Å²) in [6.45, 7) is 4.95. The van der Waals surface area contributed by atoms with Gasteiger partial charge < -0.3 is 10.2 Å². The Hall–Kier alpha value is -2.78. The molecule has 4 nitrogen and oxygen atoms in total. The van der Waals surface area contributed by atoms with E-state index in [1.807, 2.05) is 45.0 Å². The standard InChI is InChI=1S/C24H25F4N3OS/c1-14-9-17(5-6-20(14)23(32)29-7-8-31(3)4)22-15(2)30-21(33-22)12-16-10-18(24(26,27)28)13-19(25)11-16/h5-6,9-11,13H,7-8,12H2,1-4H3,(H,29,32). The molecule has 1 heterocycles. The van der Waals surface area contributed by atoms with Gasteiger partial charge in [-0.2, -0.15) is 13.2 Å². The van der Waals surface area contributed by atoms with Gasteiger partial charge in [0.15, 0.2) is 0 Å². The largest absolute Gasteiger partial charge is 0.416 e. The third-order valence-electron chi connectivity index (χ3n) is 5.06. The number of alkyl halides is 3. The zero-order valence-corrected chi connectivity index (χ0v) is 19.6. The van der Waals surface area contributed by atoms with E-state index in [-0.39, 0.29) is 17.9 Å². The van der Waals surface area contributed by atoms with Crippen LogP contribution < -0.4 is 5.32 Å². The molecule has 2 aromatic carbocycles. The molecule has 1 amide bonds. The van der Waals surface area contributed by atoms with Gasteiger partial charge in [-0.3, -0.25) is 4.79 Å². The molecule has 0 aliphatic rings. The molecule has 1 N–H and O–H groups in total. The molecule has 0 aliphatic heterocycles. The van der Waals surface area contributed by atoms with E-state index in [2.05, 4.69) is 10.3 Å². The minimum Gasteiger partial charge on any atom is -0.351 e. The maximum atomic E-state index is 13.7. The molecule has 0 radical (unpaired) electrons. The fourth-order valence-electron chi connectivity index (χ4n) is 3.43. The van der Waals surface area contributed by atoms with Crippen molar-refractivity contribution in [2.24, 2.45) is 0 Å². The number of halogens is 4. The van der Waals surface area contributed by atoms with E-state index < -0.39 is 17.6 Å². The predicted octanol–water partition coefficient (Wildman–Crippen LogP) is 5.47. The molecule has 0 saturated heterocycles. The fourth-order valence-corrected chi connectivity index (χ4v) is 4.53. The lowest BCUT2D eigenvalue weighted by Gasteiger charge is -2.12. The Morgan fingerprint density at radius 1 is 1.12 bits per heavy atom. The second-order valence-electron chi connectivity index (χ2n) is 8.13. The minimum atomic E-state index is -4.61. The average molecular weight is 480 g/mol. The Morgan fingerprint density at radius 3 is 2.48 bits per heavy atom. The van der Waals surface area contributed by atoms with Crippen LogP contribution in [0.4, 0.5) is 17.6 Å². The number of nitrogens with one attached hydrogen (secondary N) is 1. The van der Waals surface area contributed by atoms with Crippen LogP contribution in [-0.2, 0) is 12.6 Å². The summed E-state index contributed by atoms with van der Waals surface area (Å²) in [5.74, 6) is -1.07. The van der Waals surface area contributed by atoms with Crippen LogP contribution in [0.25, 0.3) is 10.4 Å². The second kappa shape index (κ2) is 10.0. The van der Waals surface area contributed by atoms with Gasteiger partial charge in [-0.25, -0.2) is 9.37 Å². The number of rotatable bonds is 7. The summed E-state index contributed by atoms with van der Waals surface area (Å²) in [4.78, 5) is 19.8. The monoisotopic (exact) mass is 479 g/mol. The molecular weight excluding hydrogens is 454 g/mol. The summed E-state index contributed by atoms with van der Waals surface area (Å²) in [6.07, 6.45) is -4.52. The molecular formula is C24H25F4N3OS. The van der Waals surface area contributed by atoms with Crippen LogP contribution >= 0.6 is 11.3 Å². The number of carbonyl (C=O) groups is 1. The van der Waals surface area contributed by atoms with Gasteiger partial charge in [0.25, 0.3) is 5.91 Å². The highest BCUT2D eigenvalue weighted by atomic mass is 32.1. The van der Waals surface area contributed by atoms with E-state index in [1.54, 1.807) is 6.07 Å². The molecule has 0 spiro atoms. The average Bonchev–Trinajstić information content (AvgIpc) is 3.06. The molecule has 0 unspecified atom stereocenters. The number of hydrogen-bond donors (Lipinski definition) is 1. The Bertz CT molecular complexity index is 1160. The number of thiazole rings is 1. The lowest BCUT2D eigenvalue weighted by molar-refractivity contribution is -0.137. The van der Waals surface area contributed by atoms with Gasteiger partial charge in [-0.15, -0.1) is 11.3 Å². The smallest absolute Gasteiger partial charge is 0.351 e. The molecule has 9 heteroatoms. The number of amides is 1. The van der Waals surface area contributed by atoms with E-state index in [0.29, 0.717) is 23.2 Å². The first-order chi connectivity index (χ1) is 15.4. The molecule has 0 fully saturated rings. The fraction of sp³-hybridized carbons (Fsp3) is 0.333. The lowest BCUT2D eigenvalue weighted by Crippen LogP contribution is -2.31. The first-order valence-electron chi connectivity index (χ1n) is 10.3. The third kappa shape index (κ3) is 6.39. The Morgan fingerprint density at radius 2 is 1.85 bits per heavy atom. The summed E-state index contributed by atoms with van der Waals surface area (Å²) in [7, 11) is 3.86. The summed E-state index contributed by atoms with van der Waals surface area (Å²) in [6, 6.07) is 8.03. The van der Waals surface area contributed by atoms with Gasteiger partial charge in [-0.05, 0) is 75.0 Å². The van der Waals surface area contributed by atoms with Gasteiger partial charge in [0, 0.05) is 25.1 Å². The minimum absolute atomic E-state index is 0.0949.